The summed E-state index contributed by atoms with van der Waals surface area (Å²) in [4.78, 5) is 5.11. The summed E-state index contributed by atoms with van der Waals surface area (Å²) in [7, 11) is 1.82. The van der Waals surface area contributed by atoms with E-state index in [1.807, 2.05) is 7.05 Å². The fourth-order valence-corrected chi connectivity index (χ4v) is 2.32. The van der Waals surface area contributed by atoms with Crippen molar-refractivity contribution < 1.29 is 4.84 Å². The Kier molecular flexibility index (Phi) is 4.18. The van der Waals surface area contributed by atoms with Crippen LogP contribution in [0.25, 0.3) is 0 Å². The Morgan fingerprint density at radius 3 is 2.80 bits per heavy atom. The predicted octanol–water partition coefficient (Wildman–Crippen LogP) is 1.28. The van der Waals surface area contributed by atoms with Crippen molar-refractivity contribution in [3.8, 4) is 0 Å². The van der Waals surface area contributed by atoms with Crippen molar-refractivity contribution in [3.63, 3.8) is 0 Å². The third kappa shape index (κ3) is 2.90. The highest BCUT2D eigenvalue weighted by atomic mass is 32.2. The van der Waals surface area contributed by atoms with Crippen LogP contribution in [0.5, 0.6) is 0 Å². The molecule has 10 heavy (non-hydrogen) atoms. The second kappa shape index (κ2) is 4.99. The van der Waals surface area contributed by atoms with Gasteiger partial charge >= 0.3 is 0 Å². The number of hydroxylamine groups is 1. The molecule has 1 aliphatic rings. The monoisotopic (exact) mass is 161 g/mol. The third-order valence-electron chi connectivity index (χ3n) is 1.80. The first-order chi connectivity index (χ1) is 4.93. The lowest BCUT2D eigenvalue weighted by atomic mass is 10.1. The van der Waals surface area contributed by atoms with Crippen LogP contribution in [0.1, 0.15) is 12.8 Å². The van der Waals surface area contributed by atoms with Crippen LogP contribution in [0.3, 0.4) is 0 Å². The van der Waals surface area contributed by atoms with Crippen LogP contribution in [0.2, 0.25) is 0 Å². The van der Waals surface area contributed by atoms with Gasteiger partial charge < -0.3 is 4.84 Å². The van der Waals surface area contributed by atoms with Gasteiger partial charge in [-0.25, -0.2) is 5.48 Å². The van der Waals surface area contributed by atoms with E-state index in [9.17, 15) is 0 Å². The van der Waals surface area contributed by atoms with E-state index in [-0.39, 0.29) is 0 Å². The summed E-state index contributed by atoms with van der Waals surface area (Å²) >= 11 is 2.06. The molecule has 0 aromatic carbocycles. The molecule has 1 heterocycles. The van der Waals surface area contributed by atoms with Crippen LogP contribution < -0.4 is 5.48 Å². The topological polar surface area (TPSA) is 21.3 Å². The summed E-state index contributed by atoms with van der Waals surface area (Å²) in [6.07, 6.45) is 2.65. The van der Waals surface area contributed by atoms with Gasteiger partial charge in [0.2, 0.25) is 0 Å². The van der Waals surface area contributed by atoms with Crippen molar-refractivity contribution in [2.75, 3.05) is 25.2 Å². The van der Waals surface area contributed by atoms with E-state index in [1.165, 1.54) is 24.3 Å². The molecule has 1 aliphatic heterocycles. The van der Waals surface area contributed by atoms with Crippen LogP contribution in [-0.2, 0) is 4.84 Å². The molecule has 0 spiro atoms. The van der Waals surface area contributed by atoms with Crippen molar-refractivity contribution in [1.82, 2.24) is 5.48 Å². The van der Waals surface area contributed by atoms with Gasteiger partial charge in [-0.15, -0.1) is 0 Å². The Hall–Kier alpha value is 0.270. The molecule has 0 unspecified atom stereocenters. The number of thioether (sulfide) groups is 1. The Bertz CT molecular complexity index is 83.7. The first kappa shape index (κ1) is 8.37. The molecule has 0 atom stereocenters. The molecular formula is C7H15NOS. The van der Waals surface area contributed by atoms with Crippen LogP contribution >= 0.6 is 11.8 Å². The molecule has 3 heteroatoms. The molecule has 1 N–H and O–H groups in total. The van der Waals surface area contributed by atoms with Gasteiger partial charge in [-0.05, 0) is 30.3 Å². The summed E-state index contributed by atoms with van der Waals surface area (Å²) < 4.78 is 0. The van der Waals surface area contributed by atoms with Gasteiger partial charge in [0, 0.05) is 7.05 Å². The average molecular weight is 161 g/mol. The van der Waals surface area contributed by atoms with Crippen molar-refractivity contribution in [1.29, 1.82) is 0 Å². The molecule has 1 rings (SSSR count). The maximum Gasteiger partial charge on any atom is 0.0710 e. The van der Waals surface area contributed by atoms with E-state index in [2.05, 4.69) is 17.2 Å². The normalized spacial score (nSPS) is 21.3. The minimum atomic E-state index is 0.800. The highest BCUT2D eigenvalue weighted by molar-refractivity contribution is 7.99. The molecule has 0 aliphatic carbocycles. The average Bonchev–Trinajstić information content (AvgIpc) is 2.03. The lowest BCUT2D eigenvalue weighted by molar-refractivity contribution is 0.0298. The Morgan fingerprint density at radius 2 is 2.20 bits per heavy atom. The van der Waals surface area contributed by atoms with Crippen molar-refractivity contribution >= 4 is 11.8 Å². The Balaban J connectivity index is 2.02. The quantitative estimate of drug-likeness (QED) is 0.630. The van der Waals surface area contributed by atoms with E-state index in [0.717, 1.165) is 12.5 Å². The smallest absolute Gasteiger partial charge is 0.0710 e. The summed E-state index contributed by atoms with van der Waals surface area (Å²) in [5.41, 5.74) is 2.71. The van der Waals surface area contributed by atoms with Crippen LogP contribution in [0, 0.1) is 5.92 Å². The van der Waals surface area contributed by atoms with Gasteiger partial charge in [0.15, 0.2) is 0 Å². The summed E-state index contributed by atoms with van der Waals surface area (Å²) in [6, 6.07) is 0. The number of rotatable bonds is 3. The van der Waals surface area contributed by atoms with Gasteiger partial charge in [-0.1, -0.05) is 0 Å². The minimum absolute atomic E-state index is 0.800. The van der Waals surface area contributed by atoms with Crippen LogP contribution in [0.15, 0.2) is 0 Å². The second-order valence-corrected chi connectivity index (χ2v) is 3.80. The van der Waals surface area contributed by atoms with Crippen molar-refractivity contribution in [2.45, 2.75) is 12.8 Å². The summed E-state index contributed by atoms with van der Waals surface area (Å²) in [5.74, 6) is 3.43. The largest absolute Gasteiger partial charge is 0.302 e. The van der Waals surface area contributed by atoms with Gasteiger partial charge in [-0.2, -0.15) is 11.8 Å². The molecule has 60 valence electrons. The first-order valence-electron chi connectivity index (χ1n) is 3.79. The van der Waals surface area contributed by atoms with Crippen molar-refractivity contribution in [2.24, 2.45) is 5.92 Å². The molecule has 2 nitrogen and oxygen atoms in total. The zero-order valence-corrected chi connectivity index (χ0v) is 7.25. The fraction of sp³-hybridized carbons (Fsp3) is 1.00. The number of hydrogen-bond donors (Lipinski definition) is 1. The molecule has 0 bridgehead atoms. The fourth-order valence-electron chi connectivity index (χ4n) is 1.11. The van der Waals surface area contributed by atoms with Gasteiger partial charge in [-0.3, -0.25) is 0 Å². The van der Waals surface area contributed by atoms with Crippen LogP contribution in [0.4, 0.5) is 0 Å². The SMILES string of the molecule is CNOCC1CCSCC1. The Labute approximate surface area is 66.7 Å². The van der Waals surface area contributed by atoms with Gasteiger partial charge in [0.1, 0.15) is 0 Å². The maximum absolute atomic E-state index is 5.11. The standard InChI is InChI=1S/C7H15NOS/c1-8-9-6-7-2-4-10-5-3-7/h7-8H,2-6H2,1H3. The van der Waals surface area contributed by atoms with E-state index in [0.29, 0.717) is 0 Å². The number of nitrogens with one attached hydrogen (secondary N) is 1. The predicted molar refractivity (Wildman–Crippen MR) is 45.1 cm³/mol. The molecule has 0 aromatic rings. The molecule has 0 saturated carbocycles. The van der Waals surface area contributed by atoms with Gasteiger partial charge in [0.05, 0.1) is 6.61 Å². The molecule has 0 aromatic heterocycles. The molecule has 0 radical (unpaired) electrons. The highest BCUT2D eigenvalue weighted by Gasteiger charge is 2.12. The van der Waals surface area contributed by atoms with Gasteiger partial charge in [0.25, 0.3) is 0 Å². The minimum Gasteiger partial charge on any atom is -0.302 e. The zero-order chi connectivity index (χ0) is 7.23. The summed E-state index contributed by atoms with van der Waals surface area (Å²) in [5, 5.41) is 0. The molecule has 1 fully saturated rings. The zero-order valence-electron chi connectivity index (χ0n) is 6.43. The molecule has 0 amide bonds. The second-order valence-electron chi connectivity index (χ2n) is 2.57. The van der Waals surface area contributed by atoms with Crippen LogP contribution in [-0.4, -0.2) is 25.2 Å². The molecule has 1 saturated heterocycles. The molecular weight excluding hydrogens is 146 g/mol. The Morgan fingerprint density at radius 1 is 1.50 bits per heavy atom. The van der Waals surface area contributed by atoms with E-state index in [4.69, 9.17) is 4.84 Å². The maximum atomic E-state index is 5.11. The number of hydrogen-bond acceptors (Lipinski definition) is 3. The van der Waals surface area contributed by atoms with Crippen molar-refractivity contribution in [3.05, 3.63) is 0 Å². The summed E-state index contributed by atoms with van der Waals surface area (Å²) in [6.45, 7) is 0.886. The lowest BCUT2D eigenvalue weighted by Gasteiger charge is -2.20. The first-order valence-corrected chi connectivity index (χ1v) is 4.95. The van der Waals surface area contributed by atoms with E-state index in [1.54, 1.807) is 0 Å². The van der Waals surface area contributed by atoms with E-state index < -0.39 is 0 Å². The third-order valence-corrected chi connectivity index (χ3v) is 2.85. The highest BCUT2D eigenvalue weighted by Crippen LogP contribution is 2.22. The lowest BCUT2D eigenvalue weighted by Crippen LogP contribution is -2.19. The van der Waals surface area contributed by atoms with E-state index >= 15 is 0 Å².